The van der Waals surface area contributed by atoms with Gasteiger partial charge in [-0.05, 0) is 52.7 Å². The predicted molar refractivity (Wildman–Crippen MR) is 88.7 cm³/mol. The standard InChI is InChI=1S/C15H13BrN4O3/c1-8(19-20-15(22)12-5-10(16)6-17-12)9-2-3-13-11(4-9)18-14(21)7-23-13/h2-6,17H,7H2,1H3,(H,18,21)(H,20,22)/b19-8-. The van der Waals surface area contributed by atoms with Crippen molar-refractivity contribution in [2.45, 2.75) is 6.92 Å². The maximum Gasteiger partial charge on any atom is 0.287 e. The first-order chi connectivity index (χ1) is 11.0. The Morgan fingerprint density at radius 2 is 2.22 bits per heavy atom. The van der Waals surface area contributed by atoms with Crippen molar-refractivity contribution < 1.29 is 14.3 Å². The number of fused-ring (bicyclic) bond motifs is 1. The number of H-pyrrole nitrogens is 1. The molecule has 0 saturated heterocycles. The van der Waals surface area contributed by atoms with Crippen LogP contribution in [0.25, 0.3) is 0 Å². The van der Waals surface area contributed by atoms with E-state index in [1.807, 2.05) is 6.07 Å². The molecule has 3 rings (SSSR count). The van der Waals surface area contributed by atoms with E-state index in [1.165, 1.54) is 0 Å². The van der Waals surface area contributed by atoms with Crippen molar-refractivity contribution in [2.24, 2.45) is 5.10 Å². The van der Waals surface area contributed by atoms with Crippen molar-refractivity contribution in [1.29, 1.82) is 0 Å². The zero-order valence-electron chi connectivity index (χ0n) is 12.1. The molecule has 8 heteroatoms. The van der Waals surface area contributed by atoms with E-state index in [9.17, 15) is 9.59 Å². The number of anilines is 1. The summed E-state index contributed by atoms with van der Waals surface area (Å²) in [6.45, 7) is 1.78. The van der Waals surface area contributed by atoms with Crippen LogP contribution in [-0.4, -0.2) is 29.1 Å². The van der Waals surface area contributed by atoms with Gasteiger partial charge in [0.25, 0.3) is 11.8 Å². The van der Waals surface area contributed by atoms with Gasteiger partial charge in [0.15, 0.2) is 6.61 Å². The first-order valence-corrected chi connectivity index (χ1v) is 7.58. The Hall–Kier alpha value is -2.61. The second kappa shape index (κ2) is 6.25. The van der Waals surface area contributed by atoms with Gasteiger partial charge in [0, 0.05) is 10.7 Å². The molecular formula is C15H13BrN4O3. The molecular weight excluding hydrogens is 364 g/mol. The summed E-state index contributed by atoms with van der Waals surface area (Å²) in [4.78, 5) is 26.1. The van der Waals surface area contributed by atoms with Gasteiger partial charge in [-0.25, -0.2) is 5.43 Å². The van der Waals surface area contributed by atoms with E-state index in [-0.39, 0.29) is 18.4 Å². The van der Waals surface area contributed by atoms with Gasteiger partial charge in [0.05, 0.1) is 11.4 Å². The second-order valence-electron chi connectivity index (χ2n) is 4.92. The first kappa shape index (κ1) is 15.3. The Labute approximate surface area is 140 Å². The summed E-state index contributed by atoms with van der Waals surface area (Å²) in [5.41, 5.74) is 4.84. The molecule has 0 spiro atoms. The van der Waals surface area contributed by atoms with Crippen molar-refractivity contribution in [1.82, 2.24) is 10.4 Å². The number of benzene rings is 1. The Morgan fingerprint density at radius 3 is 2.96 bits per heavy atom. The number of hydrazone groups is 1. The zero-order valence-corrected chi connectivity index (χ0v) is 13.7. The molecule has 1 aromatic heterocycles. The molecule has 118 valence electrons. The molecule has 0 unspecified atom stereocenters. The smallest absolute Gasteiger partial charge is 0.287 e. The zero-order chi connectivity index (χ0) is 16.4. The number of halogens is 1. The number of carbonyl (C=O) groups is 2. The van der Waals surface area contributed by atoms with E-state index in [4.69, 9.17) is 4.74 Å². The Morgan fingerprint density at radius 1 is 1.39 bits per heavy atom. The average molecular weight is 377 g/mol. The number of rotatable bonds is 3. The van der Waals surface area contributed by atoms with Gasteiger partial charge >= 0.3 is 0 Å². The van der Waals surface area contributed by atoms with E-state index >= 15 is 0 Å². The van der Waals surface area contributed by atoms with Crippen molar-refractivity contribution >= 4 is 39.1 Å². The van der Waals surface area contributed by atoms with Crippen LogP contribution in [0.3, 0.4) is 0 Å². The number of hydrogen-bond donors (Lipinski definition) is 3. The number of nitrogens with one attached hydrogen (secondary N) is 3. The highest BCUT2D eigenvalue weighted by atomic mass is 79.9. The Bertz CT molecular complexity index is 813. The third kappa shape index (κ3) is 3.42. The molecule has 0 bridgehead atoms. The van der Waals surface area contributed by atoms with E-state index in [0.29, 0.717) is 22.8 Å². The number of ether oxygens (including phenoxy) is 1. The quantitative estimate of drug-likeness (QED) is 0.566. The van der Waals surface area contributed by atoms with Crippen molar-refractivity contribution in [3.8, 4) is 5.75 Å². The Kier molecular flexibility index (Phi) is 4.16. The molecule has 0 atom stereocenters. The van der Waals surface area contributed by atoms with Crippen LogP contribution >= 0.6 is 15.9 Å². The van der Waals surface area contributed by atoms with Crippen LogP contribution in [0.4, 0.5) is 5.69 Å². The number of aromatic amines is 1. The Balaban J connectivity index is 1.75. The van der Waals surface area contributed by atoms with Crippen LogP contribution < -0.4 is 15.5 Å². The summed E-state index contributed by atoms with van der Waals surface area (Å²) < 4.78 is 6.08. The topological polar surface area (TPSA) is 95.6 Å². The van der Waals surface area contributed by atoms with Gasteiger partial charge in [0.1, 0.15) is 11.4 Å². The normalized spacial score (nSPS) is 13.8. The van der Waals surface area contributed by atoms with Crippen LogP contribution in [-0.2, 0) is 4.79 Å². The molecule has 0 saturated carbocycles. The van der Waals surface area contributed by atoms with E-state index in [1.54, 1.807) is 31.3 Å². The molecule has 2 heterocycles. The summed E-state index contributed by atoms with van der Waals surface area (Å²) in [5.74, 6) is 0.0703. The van der Waals surface area contributed by atoms with Crippen LogP contribution in [0.15, 0.2) is 40.0 Å². The van der Waals surface area contributed by atoms with Crippen LogP contribution in [0, 0.1) is 0 Å². The minimum absolute atomic E-state index is 0.0151. The van der Waals surface area contributed by atoms with Crippen molar-refractivity contribution in [2.75, 3.05) is 11.9 Å². The molecule has 1 aliphatic heterocycles. The maximum atomic E-state index is 11.9. The fourth-order valence-electron chi connectivity index (χ4n) is 2.07. The molecule has 23 heavy (non-hydrogen) atoms. The van der Waals surface area contributed by atoms with Gasteiger partial charge < -0.3 is 15.0 Å². The van der Waals surface area contributed by atoms with E-state index < -0.39 is 0 Å². The highest BCUT2D eigenvalue weighted by Crippen LogP contribution is 2.28. The van der Waals surface area contributed by atoms with Crippen LogP contribution in [0.2, 0.25) is 0 Å². The summed E-state index contributed by atoms with van der Waals surface area (Å²) in [5, 5.41) is 6.81. The monoisotopic (exact) mass is 376 g/mol. The number of nitrogens with zero attached hydrogens (tertiary/aromatic N) is 1. The largest absolute Gasteiger partial charge is 0.482 e. The fourth-order valence-corrected chi connectivity index (χ4v) is 2.41. The number of hydrogen-bond acceptors (Lipinski definition) is 4. The SMILES string of the molecule is C/C(=N/NC(=O)c1cc(Br)c[nH]1)c1ccc2c(c1)NC(=O)CO2. The van der Waals surface area contributed by atoms with Crippen molar-refractivity contribution in [3.05, 3.63) is 46.2 Å². The molecule has 3 N–H and O–H groups in total. The molecule has 0 aliphatic carbocycles. The third-order valence-electron chi connectivity index (χ3n) is 3.25. The van der Waals surface area contributed by atoms with E-state index in [2.05, 4.69) is 36.8 Å². The third-order valence-corrected chi connectivity index (χ3v) is 3.71. The summed E-state index contributed by atoms with van der Waals surface area (Å²) >= 11 is 3.26. The average Bonchev–Trinajstić information content (AvgIpc) is 2.98. The lowest BCUT2D eigenvalue weighted by molar-refractivity contribution is -0.118. The number of carbonyl (C=O) groups excluding carboxylic acids is 2. The molecule has 0 radical (unpaired) electrons. The van der Waals surface area contributed by atoms with Gasteiger partial charge in [0.2, 0.25) is 0 Å². The lowest BCUT2D eigenvalue weighted by Crippen LogP contribution is -2.25. The highest BCUT2D eigenvalue weighted by molar-refractivity contribution is 9.10. The van der Waals surface area contributed by atoms with Gasteiger partial charge in [-0.2, -0.15) is 5.10 Å². The number of amides is 2. The van der Waals surface area contributed by atoms with Crippen molar-refractivity contribution in [3.63, 3.8) is 0 Å². The number of aromatic nitrogens is 1. The molecule has 0 fully saturated rings. The van der Waals surface area contributed by atoms with Gasteiger partial charge in [-0.15, -0.1) is 0 Å². The van der Waals surface area contributed by atoms with Crippen LogP contribution in [0.5, 0.6) is 5.75 Å². The summed E-state index contributed by atoms with van der Waals surface area (Å²) in [7, 11) is 0. The molecule has 2 amide bonds. The fraction of sp³-hybridized carbons (Fsp3) is 0.133. The molecule has 1 aromatic carbocycles. The minimum Gasteiger partial charge on any atom is -0.482 e. The van der Waals surface area contributed by atoms with E-state index in [0.717, 1.165) is 10.0 Å². The highest BCUT2D eigenvalue weighted by Gasteiger charge is 2.16. The maximum absolute atomic E-state index is 11.9. The lowest BCUT2D eigenvalue weighted by Gasteiger charge is -2.18. The van der Waals surface area contributed by atoms with Gasteiger partial charge in [-0.1, -0.05) is 0 Å². The minimum atomic E-state index is -0.343. The summed E-state index contributed by atoms with van der Waals surface area (Å²) in [6, 6.07) is 6.98. The van der Waals surface area contributed by atoms with Crippen LogP contribution in [0.1, 0.15) is 23.0 Å². The second-order valence-corrected chi connectivity index (χ2v) is 5.83. The molecule has 7 nitrogen and oxygen atoms in total. The molecule has 2 aromatic rings. The molecule has 1 aliphatic rings. The van der Waals surface area contributed by atoms with Gasteiger partial charge in [-0.3, -0.25) is 9.59 Å². The lowest BCUT2D eigenvalue weighted by atomic mass is 10.1. The summed E-state index contributed by atoms with van der Waals surface area (Å²) in [6.07, 6.45) is 1.66. The predicted octanol–water partition coefficient (Wildman–Crippen LogP) is 2.26. The first-order valence-electron chi connectivity index (χ1n) is 6.78.